The van der Waals surface area contributed by atoms with Gasteiger partial charge in [-0.2, -0.15) is 0 Å². The first kappa shape index (κ1) is 13.9. The highest BCUT2D eigenvalue weighted by atomic mass is 16.5. The molecule has 2 saturated heterocycles. The predicted molar refractivity (Wildman–Crippen MR) is 74.1 cm³/mol. The molecule has 1 saturated carbocycles. The van der Waals surface area contributed by atoms with Crippen LogP contribution in [0.3, 0.4) is 0 Å². The lowest BCUT2D eigenvalue weighted by molar-refractivity contribution is -0.165. The van der Waals surface area contributed by atoms with Crippen molar-refractivity contribution >= 4 is 11.8 Å². The number of hydrogen-bond acceptors (Lipinski definition) is 3. The number of amides is 2. The fourth-order valence-electron chi connectivity index (χ4n) is 4.05. The van der Waals surface area contributed by atoms with Gasteiger partial charge in [-0.05, 0) is 45.4 Å². The maximum Gasteiger partial charge on any atom is 0.246 e. The molecule has 5 heteroatoms. The number of carbonyl (C=O) groups is 2. The Morgan fingerprint density at radius 2 is 1.90 bits per heavy atom. The molecule has 4 atom stereocenters. The molecule has 1 aliphatic carbocycles. The summed E-state index contributed by atoms with van der Waals surface area (Å²) >= 11 is 0. The molecule has 2 amide bonds. The lowest BCUT2D eigenvalue weighted by atomic mass is 9.94. The number of methoxy groups -OCH3 is 1. The van der Waals surface area contributed by atoms with Gasteiger partial charge in [-0.15, -0.1) is 0 Å². The summed E-state index contributed by atoms with van der Waals surface area (Å²) in [5.41, 5.74) is 0. The molecule has 0 aromatic rings. The van der Waals surface area contributed by atoms with E-state index in [1.165, 1.54) is 0 Å². The normalized spacial score (nSPS) is 38.3. The molecule has 3 rings (SSSR count). The second-order valence-corrected chi connectivity index (χ2v) is 6.29. The highest BCUT2D eigenvalue weighted by Crippen LogP contribution is 2.33. The van der Waals surface area contributed by atoms with E-state index in [0.29, 0.717) is 0 Å². The molecule has 2 aliphatic heterocycles. The molecule has 0 spiro atoms. The molecule has 2 heterocycles. The van der Waals surface area contributed by atoms with E-state index in [2.05, 4.69) is 0 Å². The molecule has 4 unspecified atom stereocenters. The minimum absolute atomic E-state index is 0.134. The summed E-state index contributed by atoms with van der Waals surface area (Å²) in [5.74, 6) is 0.300. The molecular formula is C15H24N2O3. The Hall–Kier alpha value is -1.10. The Balaban J connectivity index is 1.80. The van der Waals surface area contributed by atoms with Gasteiger partial charge in [-0.1, -0.05) is 0 Å². The van der Waals surface area contributed by atoms with Gasteiger partial charge in [0.1, 0.15) is 12.1 Å². The number of ether oxygens (including phenoxy) is 1. The van der Waals surface area contributed by atoms with Crippen LogP contribution in [0.15, 0.2) is 0 Å². The van der Waals surface area contributed by atoms with E-state index in [-0.39, 0.29) is 36.0 Å². The van der Waals surface area contributed by atoms with Crippen LogP contribution in [0.2, 0.25) is 0 Å². The Bertz CT molecular complexity index is 412. The maximum atomic E-state index is 12.8. The first-order valence-corrected chi connectivity index (χ1v) is 7.79. The number of hydrogen-bond donors (Lipinski definition) is 0. The molecule has 5 nitrogen and oxygen atoms in total. The molecule has 0 bridgehead atoms. The van der Waals surface area contributed by atoms with E-state index in [0.717, 1.165) is 45.1 Å². The van der Waals surface area contributed by atoms with Gasteiger partial charge in [0, 0.05) is 19.7 Å². The molecule has 0 N–H and O–H groups in total. The molecule has 20 heavy (non-hydrogen) atoms. The average molecular weight is 280 g/mol. The van der Waals surface area contributed by atoms with Crippen LogP contribution < -0.4 is 0 Å². The number of fused-ring (bicyclic) bond motifs is 1. The Morgan fingerprint density at radius 3 is 2.60 bits per heavy atom. The Kier molecular flexibility index (Phi) is 3.71. The zero-order chi connectivity index (χ0) is 14.3. The Labute approximate surface area is 120 Å². The topological polar surface area (TPSA) is 49.9 Å². The molecule has 0 aromatic carbocycles. The Morgan fingerprint density at radius 1 is 1.10 bits per heavy atom. The largest absolute Gasteiger partial charge is 0.381 e. The second kappa shape index (κ2) is 5.35. The smallest absolute Gasteiger partial charge is 0.246 e. The van der Waals surface area contributed by atoms with Crippen LogP contribution in [0.25, 0.3) is 0 Å². The average Bonchev–Trinajstić information content (AvgIpc) is 2.94. The number of carbonyl (C=O) groups excluding carboxylic acids is 2. The highest BCUT2D eigenvalue weighted by Gasteiger charge is 2.48. The van der Waals surface area contributed by atoms with Gasteiger partial charge in [-0.25, -0.2) is 0 Å². The van der Waals surface area contributed by atoms with Gasteiger partial charge in [-0.3, -0.25) is 9.59 Å². The van der Waals surface area contributed by atoms with Crippen molar-refractivity contribution in [1.82, 2.24) is 9.80 Å². The van der Waals surface area contributed by atoms with Crippen LogP contribution in [0.5, 0.6) is 0 Å². The summed E-state index contributed by atoms with van der Waals surface area (Å²) < 4.78 is 5.40. The summed E-state index contributed by atoms with van der Waals surface area (Å²) in [7, 11) is 1.72. The predicted octanol–water partition coefficient (Wildman–Crippen LogP) is 1.17. The van der Waals surface area contributed by atoms with Crippen molar-refractivity contribution in [3.63, 3.8) is 0 Å². The van der Waals surface area contributed by atoms with E-state index in [1.807, 2.05) is 16.7 Å². The quantitative estimate of drug-likeness (QED) is 0.763. The highest BCUT2D eigenvalue weighted by molar-refractivity contribution is 5.97. The third-order valence-electron chi connectivity index (χ3n) is 5.18. The van der Waals surface area contributed by atoms with Gasteiger partial charge < -0.3 is 14.5 Å². The van der Waals surface area contributed by atoms with Crippen LogP contribution in [-0.4, -0.2) is 59.5 Å². The van der Waals surface area contributed by atoms with Gasteiger partial charge in [0.25, 0.3) is 0 Å². The summed E-state index contributed by atoms with van der Waals surface area (Å²) in [4.78, 5) is 29.0. The summed E-state index contributed by atoms with van der Waals surface area (Å²) in [6, 6.07) is -0.332. The molecular weight excluding hydrogens is 256 g/mol. The number of piperidine rings is 1. The van der Waals surface area contributed by atoms with Gasteiger partial charge in [0.05, 0.1) is 6.10 Å². The van der Waals surface area contributed by atoms with Crippen LogP contribution in [-0.2, 0) is 14.3 Å². The van der Waals surface area contributed by atoms with Crippen molar-refractivity contribution < 1.29 is 14.3 Å². The minimum Gasteiger partial charge on any atom is -0.381 e. The first-order chi connectivity index (χ1) is 9.63. The minimum atomic E-state index is -0.308. The fourth-order valence-corrected chi connectivity index (χ4v) is 4.05. The molecule has 0 aromatic heterocycles. The number of rotatable bonds is 2. The summed E-state index contributed by atoms with van der Waals surface area (Å²) in [5, 5.41) is 0. The van der Waals surface area contributed by atoms with E-state index in [4.69, 9.17) is 4.74 Å². The van der Waals surface area contributed by atoms with Crippen molar-refractivity contribution in [1.29, 1.82) is 0 Å². The zero-order valence-electron chi connectivity index (χ0n) is 12.4. The van der Waals surface area contributed by atoms with E-state index in [1.54, 1.807) is 7.11 Å². The van der Waals surface area contributed by atoms with Crippen molar-refractivity contribution in [3.05, 3.63) is 0 Å². The van der Waals surface area contributed by atoms with Crippen LogP contribution >= 0.6 is 0 Å². The summed E-state index contributed by atoms with van der Waals surface area (Å²) in [6.07, 6.45) is 5.94. The summed E-state index contributed by atoms with van der Waals surface area (Å²) in [6.45, 7) is 2.63. The molecule has 112 valence electrons. The van der Waals surface area contributed by atoms with Crippen LogP contribution in [0.4, 0.5) is 0 Å². The lowest BCUT2D eigenvalue weighted by Crippen LogP contribution is -2.66. The molecule has 3 aliphatic rings. The van der Waals surface area contributed by atoms with Crippen molar-refractivity contribution in [2.24, 2.45) is 0 Å². The molecule has 0 radical (unpaired) electrons. The van der Waals surface area contributed by atoms with Crippen molar-refractivity contribution in [3.8, 4) is 0 Å². The fraction of sp³-hybridized carbons (Fsp3) is 0.867. The van der Waals surface area contributed by atoms with E-state index in [9.17, 15) is 9.59 Å². The monoisotopic (exact) mass is 280 g/mol. The van der Waals surface area contributed by atoms with Gasteiger partial charge in [0.2, 0.25) is 11.8 Å². The van der Waals surface area contributed by atoms with Crippen LogP contribution in [0.1, 0.15) is 45.4 Å². The first-order valence-electron chi connectivity index (χ1n) is 7.79. The maximum absolute atomic E-state index is 12.8. The van der Waals surface area contributed by atoms with Crippen molar-refractivity contribution in [2.45, 2.75) is 69.7 Å². The van der Waals surface area contributed by atoms with E-state index < -0.39 is 0 Å². The van der Waals surface area contributed by atoms with Crippen molar-refractivity contribution in [2.75, 3.05) is 13.7 Å². The van der Waals surface area contributed by atoms with Gasteiger partial charge in [0.15, 0.2) is 0 Å². The van der Waals surface area contributed by atoms with Crippen LogP contribution in [0, 0.1) is 0 Å². The van der Waals surface area contributed by atoms with E-state index >= 15 is 0 Å². The standard InChI is InChI=1S/C15H24N2O3/c1-10-14(18)16-8-4-3-5-13(16)15(19)17(10)11-6-7-12(9-11)20-2/h10-13H,3-9H2,1-2H3. The lowest BCUT2D eigenvalue weighted by Gasteiger charge is -2.48. The SMILES string of the molecule is COC1CCC(N2C(=O)C3CCCCN3C(=O)C2C)C1. The number of piperazine rings is 1. The zero-order valence-corrected chi connectivity index (χ0v) is 12.4. The second-order valence-electron chi connectivity index (χ2n) is 6.29. The third-order valence-corrected chi connectivity index (χ3v) is 5.18. The number of nitrogens with zero attached hydrogens (tertiary/aromatic N) is 2. The molecule has 3 fully saturated rings. The van der Waals surface area contributed by atoms with Gasteiger partial charge >= 0.3 is 0 Å². The third kappa shape index (κ3) is 2.12.